The topological polar surface area (TPSA) is 15.3 Å². The smallest absolute Gasteiger partial charge is 0.0107 e. The SMILES string of the molecule is CCC1CCC(N(C)CCNC(C)C(C)C)CC1. The van der Waals surface area contributed by atoms with Crippen molar-refractivity contribution in [2.75, 3.05) is 20.1 Å². The van der Waals surface area contributed by atoms with Gasteiger partial charge < -0.3 is 10.2 Å². The molecule has 0 heterocycles. The third-order valence-corrected chi connectivity index (χ3v) is 4.95. The number of likely N-dealkylation sites (N-methyl/N-ethyl adjacent to an activating group) is 1. The first-order valence-corrected chi connectivity index (χ1v) is 7.98. The highest BCUT2D eigenvalue weighted by atomic mass is 15.1. The molecule has 0 bridgehead atoms. The molecule has 2 heteroatoms. The van der Waals surface area contributed by atoms with E-state index in [0.29, 0.717) is 6.04 Å². The normalized spacial score (nSPS) is 26.8. The summed E-state index contributed by atoms with van der Waals surface area (Å²) in [6.07, 6.45) is 7.09. The highest BCUT2D eigenvalue weighted by molar-refractivity contribution is 4.78. The zero-order chi connectivity index (χ0) is 13.5. The van der Waals surface area contributed by atoms with Crippen molar-refractivity contribution in [1.29, 1.82) is 0 Å². The summed E-state index contributed by atoms with van der Waals surface area (Å²) >= 11 is 0. The fourth-order valence-corrected chi connectivity index (χ4v) is 2.88. The highest BCUT2D eigenvalue weighted by Gasteiger charge is 2.22. The van der Waals surface area contributed by atoms with Crippen LogP contribution >= 0.6 is 0 Å². The van der Waals surface area contributed by atoms with E-state index in [-0.39, 0.29) is 0 Å². The van der Waals surface area contributed by atoms with Crippen LogP contribution in [0, 0.1) is 11.8 Å². The van der Waals surface area contributed by atoms with Gasteiger partial charge >= 0.3 is 0 Å². The van der Waals surface area contributed by atoms with Crippen LogP contribution in [0.2, 0.25) is 0 Å². The minimum absolute atomic E-state index is 0.634. The summed E-state index contributed by atoms with van der Waals surface area (Å²) < 4.78 is 0. The lowest BCUT2D eigenvalue weighted by molar-refractivity contribution is 0.162. The number of nitrogens with zero attached hydrogens (tertiary/aromatic N) is 1. The monoisotopic (exact) mass is 254 g/mol. The third kappa shape index (κ3) is 5.27. The second-order valence-electron chi connectivity index (χ2n) is 6.55. The zero-order valence-corrected chi connectivity index (χ0v) is 13.2. The molecular formula is C16H34N2. The Morgan fingerprint density at radius 1 is 1.11 bits per heavy atom. The Balaban J connectivity index is 2.15. The van der Waals surface area contributed by atoms with Crippen molar-refractivity contribution in [1.82, 2.24) is 10.2 Å². The van der Waals surface area contributed by atoms with Crippen LogP contribution < -0.4 is 5.32 Å². The molecule has 0 aromatic heterocycles. The first kappa shape index (κ1) is 16.0. The lowest BCUT2D eigenvalue weighted by Crippen LogP contribution is -2.41. The first-order valence-electron chi connectivity index (χ1n) is 7.98. The Hall–Kier alpha value is -0.0800. The van der Waals surface area contributed by atoms with E-state index in [9.17, 15) is 0 Å². The highest BCUT2D eigenvalue weighted by Crippen LogP contribution is 2.28. The molecule has 1 unspecified atom stereocenters. The van der Waals surface area contributed by atoms with E-state index < -0.39 is 0 Å². The fourth-order valence-electron chi connectivity index (χ4n) is 2.88. The third-order valence-electron chi connectivity index (χ3n) is 4.95. The van der Waals surface area contributed by atoms with E-state index in [0.717, 1.165) is 24.4 Å². The fraction of sp³-hybridized carbons (Fsp3) is 1.00. The maximum Gasteiger partial charge on any atom is 0.0107 e. The molecule has 1 fully saturated rings. The van der Waals surface area contributed by atoms with Gasteiger partial charge in [-0.05, 0) is 51.5 Å². The van der Waals surface area contributed by atoms with Gasteiger partial charge in [-0.2, -0.15) is 0 Å². The van der Waals surface area contributed by atoms with E-state index >= 15 is 0 Å². The second-order valence-corrected chi connectivity index (χ2v) is 6.55. The summed E-state index contributed by atoms with van der Waals surface area (Å²) in [7, 11) is 2.30. The number of nitrogens with one attached hydrogen (secondary N) is 1. The Bertz CT molecular complexity index is 207. The Labute approximate surface area is 115 Å². The van der Waals surface area contributed by atoms with E-state index in [1.165, 1.54) is 38.6 Å². The van der Waals surface area contributed by atoms with Crippen LogP contribution in [-0.4, -0.2) is 37.1 Å². The summed E-state index contributed by atoms with van der Waals surface area (Å²) in [5.41, 5.74) is 0. The molecule has 1 atom stereocenters. The van der Waals surface area contributed by atoms with Gasteiger partial charge in [0.05, 0.1) is 0 Å². The number of hydrogen-bond donors (Lipinski definition) is 1. The maximum atomic E-state index is 3.63. The lowest BCUT2D eigenvalue weighted by Gasteiger charge is -2.34. The van der Waals surface area contributed by atoms with E-state index in [4.69, 9.17) is 0 Å². The van der Waals surface area contributed by atoms with Crippen molar-refractivity contribution in [2.45, 2.75) is 71.9 Å². The minimum atomic E-state index is 0.634. The van der Waals surface area contributed by atoms with Crippen LogP contribution in [0.1, 0.15) is 59.8 Å². The molecule has 0 aliphatic heterocycles. The molecule has 0 aromatic carbocycles. The Morgan fingerprint density at radius 2 is 1.72 bits per heavy atom. The van der Waals surface area contributed by atoms with Gasteiger partial charge in [-0.3, -0.25) is 0 Å². The quantitative estimate of drug-likeness (QED) is 0.748. The van der Waals surface area contributed by atoms with Gasteiger partial charge in [0.2, 0.25) is 0 Å². The molecule has 1 rings (SSSR count). The van der Waals surface area contributed by atoms with Crippen molar-refractivity contribution in [2.24, 2.45) is 11.8 Å². The molecule has 0 spiro atoms. The second kappa shape index (κ2) is 8.16. The van der Waals surface area contributed by atoms with Crippen LogP contribution in [-0.2, 0) is 0 Å². The first-order chi connectivity index (χ1) is 8.54. The van der Waals surface area contributed by atoms with Crippen LogP contribution in [0.15, 0.2) is 0 Å². The molecule has 1 aliphatic rings. The van der Waals surface area contributed by atoms with Crippen molar-refractivity contribution in [3.05, 3.63) is 0 Å². The van der Waals surface area contributed by atoms with Gasteiger partial charge in [0, 0.05) is 25.2 Å². The molecular weight excluding hydrogens is 220 g/mol. The van der Waals surface area contributed by atoms with Gasteiger partial charge in [-0.25, -0.2) is 0 Å². The Kier molecular flexibility index (Phi) is 7.25. The van der Waals surface area contributed by atoms with Crippen LogP contribution in [0.5, 0.6) is 0 Å². The average Bonchev–Trinajstić information content (AvgIpc) is 2.38. The van der Waals surface area contributed by atoms with Gasteiger partial charge in [0.25, 0.3) is 0 Å². The van der Waals surface area contributed by atoms with Gasteiger partial charge in [-0.15, -0.1) is 0 Å². The summed E-state index contributed by atoms with van der Waals surface area (Å²) in [4.78, 5) is 2.58. The summed E-state index contributed by atoms with van der Waals surface area (Å²) in [5, 5.41) is 3.63. The molecule has 108 valence electrons. The number of hydrogen-bond acceptors (Lipinski definition) is 2. The summed E-state index contributed by atoms with van der Waals surface area (Å²) in [6, 6.07) is 1.47. The lowest BCUT2D eigenvalue weighted by atomic mass is 9.84. The maximum absolute atomic E-state index is 3.63. The number of rotatable bonds is 7. The summed E-state index contributed by atoms with van der Waals surface area (Å²) in [6.45, 7) is 11.5. The zero-order valence-electron chi connectivity index (χ0n) is 13.2. The van der Waals surface area contributed by atoms with E-state index in [2.05, 4.69) is 45.0 Å². The summed E-state index contributed by atoms with van der Waals surface area (Å²) in [5.74, 6) is 1.74. The standard InChI is InChI=1S/C16H34N2/c1-6-15-7-9-16(10-8-15)18(5)12-11-17-14(4)13(2)3/h13-17H,6-12H2,1-5H3. The molecule has 0 aromatic rings. The Morgan fingerprint density at radius 3 is 2.22 bits per heavy atom. The largest absolute Gasteiger partial charge is 0.313 e. The van der Waals surface area contributed by atoms with E-state index in [1.54, 1.807) is 0 Å². The molecule has 0 saturated heterocycles. The molecule has 0 amide bonds. The van der Waals surface area contributed by atoms with Gasteiger partial charge in [-0.1, -0.05) is 27.2 Å². The van der Waals surface area contributed by atoms with E-state index in [1.807, 2.05) is 0 Å². The molecule has 18 heavy (non-hydrogen) atoms. The molecule has 1 saturated carbocycles. The molecule has 1 aliphatic carbocycles. The average molecular weight is 254 g/mol. The van der Waals surface area contributed by atoms with Crippen molar-refractivity contribution < 1.29 is 0 Å². The minimum Gasteiger partial charge on any atom is -0.313 e. The van der Waals surface area contributed by atoms with Crippen molar-refractivity contribution in [3.8, 4) is 0 Å². The predicted octanol–water partition coefficient (Wildman–Crippen LogP) is 3.52. The van der Waals surface area contributed by atoms with Crippen LogP contribution in [0.3, 0.4) is 0 Å². The predicted molar refractivity (Wildman–Crippen MR) is 81.0 cm³/mol. The molecule has 2 nitrogen and oxygen atoms in total. The molecule has 0 radical (unpaired) electrons. The van der Waals surface area contributed by atoms with Gasteiger partial charge in [0.1, 0.15) is 0 Å². The molecule has 1 N–H and O–H groups in total. The van der Waals surface area contributed by atoms with Crippen molar-refractivity contribution >= 4 is 0 Å². The van der Waals surface area contributed by atoms with Gasteiger partial charge in [0.15, 0.2) is 0 Å². The van der Waals surface area contributed by atoms with Crippen LogP contribution in [0.4, 0.5) is 0 Å². The van der Waals surface area contributed by atoms with Crippen LogP contribution in [0.25, 0.3) is 0 Å². The van der Waals surface area contributed by atoms with Crippen molar-refractivity contribution in [3.63, 3.8) is 0 Å².